The van der Waals surface area contributed by atoms with Crippen molar-refractivity contribution in [1.82, 2.24) is 20.4 Å². The molecule has 1 saturated carbocycles. The van der Waals surface area contributed by atoms with E-state index in [9.17, 15) is 70.7 Å². The normalized spacial score (nSPS) is 17.7. The molecule has 2 N–H and O–H groups in total. The monoisotopic (exact) mass is 1470 g/mol. The minimum atomic E-state index is -3.77. The summed E-state index contributed by atoms with van der Waals surface area (Å²) in [6.45, 7) is 42.4. The molecule has 4 atom stereocenters. The first-order valence-corrected chi connectivity index (χ1v) is 41.0. The van der Waals surface area contributed by atoms with E-state index in [0.29, 0.717) is 75.8 Å². The Labute approximate surface area is 610 Å². The Balaban J connectivity index is 0. The Kier molecular flexibility index (Phi) is 50.8. The van der Waals surface area contributed by atoms with Gasteiger partial charge in [0.25, 0.3) is 10.1 Å². The summed E-state index contributed by atoms with van der Waals surface area (Å²) in [5, 5.41) is 6.41. The van der Waals surface area contributed by atoms with Crippen molar-refractivity contribution in [1.29, 1.82) is 0 Å². The average molecular weight is 1470 g/mol. The molecule has 1 aliphatic carbocycles. The molecule has 3 fully saturated rings. The number of Topliss-reactive ketones (excluding diaryl/α,β-unsaturated/α-hetero) is 7. The lowest BCUT2D eigenvalue weighted by Gasteiger charge is -2.30. The molecule has 0 radical (unpaired) electrons. The van der Waals surface area contributed by atoms with Gasteiger partial charge < -0.3 is 10.6 Å². The summed E-state index contributed by atoms with van der Waals surface area (Å²) in [7, 11) is -2.66. The molecule has 572 valence electrons. The molecule has 2 heterocycles. The van der Waals surface area contributed by atoms with Gasteiger partial charge in [0.05, 0.1) is 13.7 Å². The third-order valence-electron chi connectivity index (χ3n) is 17.3. The molecule has 24 heteroatoms. The van der Waals surface area contributed by atoms with Gasteiger partial charge in [0.1, 0.15) is 34.2 Å². The second-order valence-corrected chi connectivity index (χ2v) is 36.8. The van der Waals surface area contributed by atoms with Crippen LogP contribution < -0.4 is 10.6 Å². The highest BCUT2D eigenvalue weighted by Gasteiger charge is 2.42. The zero-order valence-corrected chi connectivity index (χ0v) is 68.0. The number of imide groups is 2. The number of thioether (sulfide) groups is 3. The number of hydrogen-bond donors (Lipinski definition) is 2. The summed E-state index contributed by atoms with van der Waals surface area (Å²) < 4.78 is 27.8. The fourth-order valence-electron chi connectivity index (χ4n) is 10.7. The van der Waals surface area contributed by atoms with E-state index in [1.165, 1.54) is 9.80 Å². The predicted octanol–water partition coefficient (Wildman–Crippen LogP) is 13.1. The van der Waals surface area contributed by atoms with Crippen LogP contribution in [-0.4, -0.2) is 165 Å². The van der Waals surface area contributed by atoms with Gasteiger partial charge in [0.2, 0.25) is 35.4 Å². The van der Waals surface area contributed by atoms with E-state index in [1.54, 1.807) is 39.5 Å². The largest absolute Gasteiger partial charge is 0.356 e. The number of nitrogens with zero attached hydrogens (tertiary/aromatic N) is 2. The fraction of sp³-hybridized carbons (Fsp3) is 0.827. The molecule has 0 aromatic rings. The molecule has 4 unspecified atom stereocenters. The summed E-state index contributed by atoms with van der Waals surface area (Å²) in [6.07, 6.45) is 8.85. The van der Waals surface area contributed by atoms with Gasteiger partial charge in [-0.25, -0.2) is 0 Å². The molecule has 20 nitrogen and oxygen atoms in total. The van der Waals surface area contributed by atoms with Crippen LogP contribution in [0.3, 0.4) is 0 Å². The van der Waals surface area contributed by atoms with Crippen LogP contribution >= 0.6 is 35.3 Å². The number of likely N-dealkylation sites (tertiary alicyclic amines) is 2. The van der Waals surface area contributed by atoms with Gasteiger partial charge in [-0.1, -0.05) is 145 Å². The number of ketones is 7. The van der Waals surface area contributed by atoms with Gasteiger partial charge in [0, 0.05) is 136 Å². The first kappa shape index (κ1) is 96.9. The van der Waals surface area contributed by atoms with Crippen LogP contribution in [0.4, 0.5) is 0 Å². The van der Waals surface area contributed by atoms with E-state index in [2.05, 4.69) is 49.4 Å². The number of amides is 6. The van der Waals surface area contributed by atoms with Crippen LogP contribution in [0.2, 0.25) is 0 Å². The van der Waals surface area contributed by atoms with Crippen molar-refractivity contribution in [3.63, 3.8) is 0 Å². The molecule has 0 aromatic heterocycles. The van der Waals surface area contributed by atoms with Crippen LogP contribution in [0.5, 0.6) is 0 Å². The Hall–Kier alpha value is -4.13. The predicted molar refractivity (Wildman–Crippen MR) is 403 cm³/mol. The standard InChI is InChI=1S/C25H39N3O7.C18H29NO3.C11H22O4S2.C11H22OS.C10H20OS/c1-16(2)20-14-24(34)28(25(20)35)13-5-6-18(29)7-9-23(33)27-15-19(30)8-10-22(32)26-12-11-21(31)17(3)4;1-11(2)15-9-16(20)19(18(15)22)10-13-5-7-14(8-6-13)17(21)12(3)4;1-8(2)11(12)10(17(13,14)15-5)6-7-16-9(3)4;1-8(2)11(12)7-6-10(5)13-9(3)4;1-8(2)10(11)6-5-7-12-9(3)4/h16-17,20H,5-15H2,1-4H3,(H,26,32)(H,27,33);11-15H,5-10H2,1-4H3;8-10H,6-7H2,1-5H3;8-10H,6-7H2,1-5H3;8-9H,5-7H2,1-4H3. The third kappa shape index (κ3) is 42.9. The van der Waals surface area contributed by atoms with Gasteiger partial charge in [-0.3, -0.25) is 76.3 Å². The van der Waals surface area contributed by atoms with Crippen LogP contribution in [0, 0.1) is 65.1 Å². The van der Waals surface area contributed by atoms with Crippen LogP contribution in [0.1, 0.15) is 261 Å². The fourth-order valence-corrected chi connectivity index (χ4v) is 14.9. The first-order valence-electron chi connectivity index (χ1n) is 36.5. The smallest absolute Gasteiger partial charge is 0.277 e. The maximum atomic E-state index is 12.3. The zero-order valence-electron chi connectivity index (χ0n) is 64.8. The molecule has 2 aliphatic heterocycles. The molecule has 3 rings (SSSR count). The summed E-state index contributed by atoms with van der Waals surface area (Å²) in [6, 6.07) is 0. The Bertz CT molecular complexity index is 2650. The number of carbonyl (C=O) groups is 13. The maximum absolute atomic E-state index is 12.3. The number of hydrogen-bond acceptors (Lipinski definition) is 19. The van der Waals surface area contributed by atoms with Crippen molar-refractivity contribution in [3.05, 3.63) is 0 Å². The quantitative estimate of drug-likeness (QED) is 0.0326. The van der Waals surface area contributed by atoms with Crippen molar-refractivity contribution in [3.8, 4) is 0 Å². The lowest BCUT2D eigenvalue weighted by Crippen LogP contribution is -2.37. The van der Waals surface area contributed by atoms with Crippen molar-refractivity contribution in [2.45, 2.75) is 287 Å². The highest BCUT2D eigenvalue weighted by molar-refractivity contribution is 8.00. The van der Waals surface area contributed by atoms with Gasteiger partial charge in [-0.15, -0.1) is 0 Å². The molecular formula is C75H132N4O16S4. The molecule has 0 aromatic carbocycles. The first-order chi connectivity index (χ1) is 45.9. The summed E-state index contributed by atoms with van der Waals surface area (Å²) in [4.78, 5) is 157. The third-order valence-corrected chi connectivity index (χ3v) is 22.5. The van der Waals surface area contributed by atoms with E-state index >= 15 is 0 Å². The second-order valence-electron chi connectivity index (χ2n) is 29.5. The highest BCUT2D eigenvalue weighted by Crippen LogP contribution is 2.34. The Morgan fingerprint density at radius 1 is 0.495 bits per heavy atom. The Morgan fingerprint density at radius 2 is 0.960 bits per heavy atom. The number of nitrogens with one attached hydrogen (secondary N) is 2. The number of carbonyl (C=O) groups excluding carboxylic acids is 13. The molecule has 2 saturated heterocycles. The lowest BCUT2D eigenvalue weighted by atomic mass is 9.77. The van der Waals surface area contributed by atoms with E-state index in [-0.39, 0.29) is 176 Å². The highest BCUT2D eigenvalue weighted by atomic mass is 32.2. The van der Waals surface area contributed by atoms with E-state index < -0.39 is 21.3 Å². The number of rotatable bonds is 42. The minimum Gasteiger partial charge on any atom is -0.356 e. The molecule has 0 spiro atoms. The second kappa shape index (κ2) is 51.9. The SMILES string of the molecule is CC(C)C(=O)C1CCC(CN2C(=O)CC(C(C)C)C2=O)CC1.CC(C)C(=O)CCNC(=O)CCC(=O)CNC(=O)CCC(=O)CCCN1C(=O)CC(C(C)C)C1=O.CC(C)SC(C)CCC(=O)C(C)C.CC(C)SCCCC(=O)C(C)C.COS(=O)(=O)C(CCSC(C)C)C(=O)C(C)C. The summed E-state index contributed by atoms with van der Waals surface area (Å²) in [5.41, 5.74) is 0. The van der Waals surface area contributed by atoms with E-state index in [1.807, 2.05) is 107 Å². The van der Waals surface area contributed by atoms with Gasteiger partial charge in [-0.05, 0) is 96.4 Å². The van der Waals surface area contributed by atoms with Gasteiger partial charge >= 0.3 is 0 Å². The van der Waals surface area contributed by atoms with Crippen LogP contribution in [0.25, 0.3) is 0 Å². The molecule has 3 aliphatic rings. The van der Waals surface area contributed by atoms with Crippen molar-refractivity contribution >= 4 is 121 Å². The summed E-state index contributed by atoms with van der Waals surface area (Å²) in [5.74, 6) is 1.70. The topological polar surface area (TPSA) is 296 Å². The van der Waals surface area contributed by atoms with Crippen molar-refractivity contribution < 1.29 is 74.9 Å². The van der Waals surface area contributed by atoms with E-state index in [4.69, 9.17) is 0 Å². The zero-order chi connectivity index (χ0) is 76.6. The average Bonchev–Trinajstić information content (AvgIpc) is 1.63. The summed E-state index contributed by atoms with van der Waals surface area (Å²) >= 11 is 5.53. The van der Waals surface area contributed by atoms with Crippen LogP contribution in [-0.2, 0) is 76.6 Å². The van der Waals surface area contributed by atoms with Crippen LogP contribution in [0.15, 0.2) is 0 Å². The Morgan fingerprint density at radius 3 is 1.41 bits per heavy atom. The lowest BCUT2D eigenvalue weighted by molar-refractivity contribution is -0.142. The van der Waals surface area contributed by atoms with Crippen molar-refractivity contribution in [2.75, 3.05) is 44.8 Å². The van der Waals surface area contributed by atoms with Crippen molar-refractivity contribution in [2.24, 2.45) is 65.1 Å². The van der Waals surface area contributed by atoms with Gasteiger partial charge in [0.15, 0.2) is 11.6 Å². The minimum absolute atomic E-state index is 0.00798. The van der Waals surface area contributed by atoms with E-state index in [0.717, 1.165) is 64.2 Å². The maximum Gasteiger partial charge on any atom is 0.277 e. The molecule has 99 heavy (non-hydrogen) atoms. The van der Waals surface area contributed by atoms with Gasteiger partial charge in [-0.2, -0.15) is 43.7 Å². The molecule has 6 amide bonds. The molecular weight excluding hydrogens is 1340 g/mol. The molecule has 0 bridgehead atoms.